The van der Waals surface area contributed by atoms with Crippen LogP contribution in [0.3, 0.4) is 0 Å². The van der Waals surface area contributed by atoms with Gasteiger partial charge in [-0.1, -0.05) is 15.9 Å². The Balaban J connectivity index is 2.52. The molecule has 1 aliphatic heterocycles. The molecule has 2 nitrogen and oxygen atoms in total. The Hall–Kier alpha value is 0.110. The second kappa shape index (κ2) is 3.88. The molecule has 0 spiro atoms. The number of alkyl halides is 1. The van der Waals surface area contributed by atoms with E-state index in [1.807, 2.05) is 13.8 Å². The highest BCUT2D eigenvalue weighted by atomic mass is 79.9. The van der Waals surface area contributed by atoms with Crippen LogP contribution in [0.5, 0.6) is 0 Å². The highest BCUT2D eigenvalue weighted by molar-refractivity contribution is 9.09. The zero-order valence-corrected chi connectivity index (χ0v) is 9.19. The van der Waals surface area contributed by atoms with Gasteiger partial charge in [0.05, 0.1) is 10.9 Å². The summed E-state index contributed by atoms with van der Waals surface area (Å²) in [6.45, 7) is 4.80. The van der Waals surface area contributed by atoms with Gasteiger partial charge < -0.3 is 4.74 Å². The lowest BCUT2D eigenvalue weighted by Crippen LogP contribution is -2.37. The summed E-state index contributed by atoms with van der Waals surface area (Å²) in [7, 11) is 0. The second-order valence-electron chi connectivity index (χ2n) is 3.90. The standard InChI is InChI=1S/C9H15BrO2/c1-9(2)5-7(3-4-12-9)8(11)6-10/h7H,3-6H2,1-2H3. The predicted octanol–water partition coefficient (Wildman–Crippen LogP) is 2.16. The summed E-state index contributed by atoms with van der Waals surface area (Å²) in [5, 5.41) is 0.480. The fraction of sp³-hybridized carbons (Fsp3) is 0.889. The minimum atomic E-state index is -0.110. The van der Waals surface area contributed by atoms with Crippen molar-refractivity contribution < 1.29 is 9.53 Å². The van der Waals surface area contributed by atoms with E-state index >= 15 is 0 Å². The molecule has 12 heavy (non-hydrogen) atoms. The lowest BCUT2D eigenvalue weighted by Gasteiger charge is -2.34. The molecule has 3 heteroatoms. The highest BCUT2D eigenvalue weighted by Crippen LogP contribution is 2.29. The Labute approximate surface area is 81.8 Å². The Morgan fingerprint density at radius 2 is 2.33 bits per heavy atom. The molecule has 0 amide bonds. The maximum absolute atomic E-state index is 11.4. The van der Waals surface area contributed by atoms with Crippen molar-refractivity contribution in [3.63, 3.8) is 0 Å². The first-order valence-electron chi connectivity index (χ1n) is 4.28. The van der Waals surface area contributed by atoms with E-state index in [1.165, 1.54) is 0 Å². The molecule has 1 unspecified atom stereocenters. The number of hydrogen-bond acceptors (Lipinski definition) is 2. The van der Waals surface area contributed by atoms with Gasteiger partial charge in [0.15, 0.2) is 0 Å². The van der Waals surface area contributed by atoms with Crippen molar-refractivity contribution in [2.24, 2.45) is 5.92 Å². The molecule has 1 heterocycles. The molecule has 1 fully saturated rings. The molecular formula is C9H15BrO2. The van der Waals surface area contributed by atoms with Gasteiger partial charge in [-0.3, -0.25) is 4.79 Å². The summed E-state index contributed by atoms with van der Waals surface area (Å²) in [5.74, 6) is 0.513. The lowest BCUT2D eigenvalue weighted by atomic mass is 9.86. The first-order valence-corrected chi connectivity index (χ1v) is 5.40. The monoisotopic (exact) mass is 234 g/mol. The van der Waals surface area contributed by atoms with Crippen LogP contribution in [-0.2, 0) is 9.53 Å². The molecule has 1 rings (SSSR count). The third kappa shape index (κ3) is 2.56. The summed E-state index contributed by atoms with van der Waals surface area (Å²) in [4.78, 5) is 11.4. The Kier molecular flexibility index (Phi) is 3.29. The van der Waals surface area contributed by atoms with E-state index in [9.17, 15) is 4.79 Å². The largest absolute Gasteiger partial charge is 0.376 e. The molecule has 0 N–H and O–H groups in total. The van der Waals surface area contributed by atoms with E-state index in [0.29, 0.717) is 11.1 Å². The summed E-state index contributed by atoms with van der Waals surface area (Å²) in [6, 6.07) is 0. The Morgan fingerprint density at radius 3 is 2.83 bits per heavy atom. The number of hydrogen-bond donors (Lipinski definition) is 0. The van der Waals surface area contributed by atoms with Crippen LogP contribution < -0.4 is 0 Å². The van der Waals surface area contributed by atoms with E-state index in [1.54, 1.807) is 0 Å². The minimum absolute atomic E-state index is 0.110. The van der Waals surface area contributed by atoms with Crippen molar-refractivity contribution in [1.29, 1.82) is 0 Å². The van der Waals surface area contributed by atoms with Crippen LogP contribution in [0, 0.1) is 5.92 Å². The SMILES string of the molecule is CC1(C)CC(C(=O)CBr)CCO1. The normalized spacial score (nSPS) is 28.4. The minimum Gasteiger partial charge on any atom is -0.376 e. The van der Waals surface area contributed by atoms with Crippen molar-refractivity contribution >= 4 is 21.7 Å². The number of ether oxygens (including phenoxy) is 1. The number of rotatable bonds is 2. The van der Waals surface area contributed by atoms with Gasteiger partial charge in [-0.15, -0.1) is 0 Å². The van der Waals surface area contributed by atoms with Crippen LogP contribution in [-0.4, -0.2) is 23.3 Å². The predicted molar refractivity (Wildman–Crippen MR) is 51.6 cm³/mol. The summed E-state index contributed by atoms with van der Waals surface area (Å²) < 4.78 is 5.52. The molecule has 0 radical (unpaired) electrons. The van der Waals surface area contributed by atoms with Crippen LogP contribution in [0.2, 0.25) is 0 Å². The van der Waals surface area contributed by atoms with Crippen LogP contribution in [0.1, 0.15) is 26.7 Å². The number of carbonyl (C=O) groups excluding carboxylic acids is 1. The van der Waals surface area contributed by atoms with E-state index in [2.05, 4.69) is 15.9 Å². The van der Waals surface area contributed by atoms with Crippen molar-refractivity contribution in [1.82, 2.24) is 0 Å². The summed E-state index contributed by atoms with van der Waals surface area (Å²) in [6.07, 6.45) is 1.74. The van der Waals surface area contributed by atoms with E-state index in [0.717, 1.165) is 19.4 Å². The molecule has 0 saturated carbocycles. The van der Waals surface area contributed by atoms with E-state index < -0.39 is 0 Å². The number of carbonyl (C=O) groups is 1. The fourth-order valence-corrected chi connectivity index (χ4v) is 2.07. The van der Waals surface area contributed by atoms with Crippen LogP contribution in [0.25, 0.3) is 0 Å². The maximum atomic E-state index is 11.4. The summed E-state index contributed by atoms with van der Waals surface area (Å²) in [5.41, 5.74) is -0.110. The topological polar surface area (TPSA) is 26.3 Å². The average molecular weight is 235 g/mol. The van der Waals surface area contributed by atoms with Crippen LogP contribution >= 0.6 is 15.9 Å². The van der Waals surface area contributed by atoms with Gasteiger partial charge in [-0.25, -0.2) is 0 Å². The van der Waals surface area contributed by atoms with Gasteiger partial charge in [0.1, 0.15) is 5.78 Å². The Bertz CT molecular complexity index is 177. The maximum Gasteiger partial charge on any atom is 0.146 e. The molecule has 1 saturated heterocycles. The van der Waals surface area contributed by atoms with E-state index in [-0.39, 0.29) is 11.5 Å². The third-order valence-electron chi connectivity index (χ3n) is 2.28. The smallest absolute Gasteiger partial charge is 0.146 e. The third-order valence-corrected chi connectivity index (χ3v) is 2.84. The number of Topliss-reactive ketones (excluding diaryl/α,β-unsaturated/α-hetero) is 1. The molecule has 0 bridgehead atoms. The van der Waals surface area contributed by atoms with Gasteiger partial charge in [-0.05, 0) is 26.7 Å². The molecule has 0 aromatic rings. The highest BCUT2D eigenvalue weighted by Gasteiger charge is 2.31. The van der Waals surface area contributed by atoms with Gasteiger partial charge in [0, 0.05) is 12.5 Å². The first-order chi connectivity index (χ1) is 5.55. The van der Waals surface area contributed by atoms with Crippen molar-refractivity contribution in [2.75, 3.05) is 11.9 Å². The quantitative estimate of drug-likeness (QED) is 0.685. The number of ketones is 1. The van der Waals surface area contributed by atoms with Crippen LogP contribution in [0.15, 0.2) is 0 Å². The molecule has 1 aliphatic rings. The van der Waals surface area contributed by atoms with Crippen molar-refractivity contribution in [3.05, 3.63) is 0 Å². The van der Waals surface area contributed by atoms with Gasteiger partial charge in [0.25, 0.3) is 0 Å². The van der Waals surface area contributed by atoms with Crippen LogP contribution in [0.4, 0.5) is 0 Å². The van der Waals surface area contributed by atoms with Gasteiger partial charge in [0.2, 0.25) is 0 Å². The molecule has 0 aliphatic carbocycles. The molecule has 1 atom stereocenters. The molecule has 70 valence electrons. The van der Waals surface area contributed by atoms with Gasteiger partial charge in [-0.2, -0.15) is 0 Å². The fourth-order valence-electron chi connectivity index (χ4n) is 1.62. The average Bonchev–Trinajstić information content (AvgIpc) is 2.01. The first kappa shape index (κ1) is 10.2. The molecule has 0 aromatic carbocycles. The number of halogens is 1. The zero-order valence-electron chi connectivity index (χ0n) is 7.60. The van der Waals surface area contributed by atoms with Crippen molar-refractivity contribution in [3.8, 4) is 0 Å². The second-order valence-corrected chi connectivity index (χ2v) is 4.46. The molecular weight excluding hydrogens is 220 g/mol. The van der Waals surface area contributed by atoms with Gasteiger partial charge >= 0.3 is 0 Å². The zero-order chi connectivity index (χ0) is 9.19. The Morgan fingerprint density at radius 1 is 1.67 bits per heavy atom. The molecule has 0 aromatic heterocycles. The summed E-state index contributed by atoms with van der Waals surface area (Å²) >= 11 is 3.20. The lowest BCUT2D eigenvalue weighted by molar-refractivity contribution is -0.130. The van der Waals surface area contributed by atoms with E-state index in [4.69, 9.17) is 4.74 Å². The van der Waals surface area contributed by atoms with Crippen molar-refractivity contribution in [2.45, 2.75) is 32.3 Å².